The minimum atomic E-state index is 0.161. The molecule has 1 aromatic carbocycles. The van der Waals surface area contributed by atoms with Gasteiger partial charge in [-0.2, -0.15) is 0 Å². The number of rotatable bonds is 5. The first-order valence-electron chi connectivity index (χ1n) is 7.71. The molecule has 2 N–H and O–H groups in total. The van der Waals surface area contributed by atoms with Gasteiger partial charge in [-0.3, -0.25) is 0 Å². The van der Waals surface area contributed by atoms with Crippen LogP contribution in [0.1, 0.15) is 57.5 Å². The Morgan fingerprint density at radius 2 is 1.81 bits per heavy atom. The molecule has 0 atom stereocenters. The van der Waals surface area contributed by atoms with E-state index in [-0.39, 0.29) is 5.41 Å². The second-order valence-electron chi connectivity index (χ2n) is 6.50. The molecule has 0 saturated heterocycles. The molecular formula is C17H26N4. The van der Waals surface area contributed by atoms with Gasteiger partial charge in [-0.15, -0.1) is 5.10 Å². The Balaban J connectivity index is 2.35. The van der Waals surface area contributed by atoms with Crippen LogP contribution in [0.5, 0.6) is 0 Å². The van der Waals surface area contributed by atoms with Crippen LogP contribution >= 0.6 is 0 Å². The highest BCUT2D eigenvalue weighted by molar-refractivity contribution is 5.38. The number of hydrogen-bond acceptors (Lipinski definition) is 3. The van der Waals surface area contributed by atoms with Crippen molar-refractivity contribution in [3.8, 4) is 5.69 Å². The Bertz CT molecular complexity index is 576. The van der Waals surface area contributed by atoms with Gasteiger partial charge in [-0.1, -0.05) is 51.5 Å². The summed E-state index contributed by atoms with van der Waals surface area (Å²) in [6, 6.07) is 8.57. The third-order valence-corrected chi connectivity index (χ3v) is 3.78. The molecule has 0 aliphatic rings. The minimum absolute atomic E-state index is 0.161. The van der Waals surface area contributed by atoms with Crippen LogP contribution in [0.25, 0.3) is 5.69 Å². The van der Waals surface area contributed by atoms with Gasteiger partial charge in [0.15, 0.2) is 0 Å². The minimum Gasteiger partial charge on any atom is -0.325 e. The summed E-state index contributed by atoms with van der Waals surface area (Å²) in [6.45, 7) is 9.29. The zero-order chi connectivity index (χ0) is 15.5. The number of benzene rings is 1. The molecule has 0 unspecified atom stereocenters. The summed E-state index contributed by atoms with van der Waals surface area (Å²) in [4.78, 5) is 0. The lowest BCUT2D eigenvalue weighted by Crippen LogP contribution is -2.11. The normalized spacial score (nSPS) is 11.9. The van der Waals surface area contributed by atoms with Crippen molar-refractivity contribution < 1.29 is 0 Å². The molecule has 114 valence electrons. The van der Waals surface area contributed by atoms with Gasteiger partial charge >= 0.3 is 0 Å². The van der Waals surface area contributed by atoms with E-state index in [1.807, 2.05) is 4.68 Å². The van der Waals surface area contributed by atoms with Crippen LogP contribution in [0.2, 0.25) is 0 Å². The average Bonchev–Trinajstić information content (AvgIpc) is 2.87. The van der Waals surface area contributed by atoms with Crippen molar-refractivity contribution in [1.29, 1.82) is 0 Å². The lowest BCUT2D eigenvalue weighted by molar-refractivity contribution is 0.590. The molecule has 4 heteroatoms. The standard InChI is InChI=1S/C17H26N4/c1-5-6-7-16-15(12-18)19-20-21(16)14-10-8-13(9-11-14)17(2,3)4/h8-11H,5-7,12,18H2,1-4H3. The van der Waals surface area contributed by atoms with Gasteiger partial charge in [0.1, 0.15) is 0 Å². The molecule has 2 rings (SSSR count). The van der Waals surface area contributed by atoms with Gasteiger partial charge in [-0.05, 0) is 36.0 Å². The van der Waals surface area contributed by atoms with E-state index in [0.29, 0.717) is 6.54 Å². The third kappa shape index (κ3) is 3.50. The molecule has 0 saturated carbocycles. The van der Waals surface area contributed by atoms with E-state index in [1.165, 1.54) is 5.56 Å². The van der Waals surface area contributed by atoms with Gasteiger partial charge in [0.05, 0.1) is 17.1 Å². The SMILES string of the molecule is CCCCc1c(CN)nnn1-c1ccc(C(C)(C)C)cc1. The van der Waals surface area contributed by atoms with Crippen LogP contribution < -0.4 is 5.73 Å². The Kier molecular flexibility index (Phi) is 4.78. The fourth-order valence-electron chi connectivity index (χ4n) is 2.40. The van der Waals surface area contributed by atoms with Crippen LogP contribution in [0.4, 0.5) is 0 Å². The summed E-state index contributed by atoms with van der Waals surface area (Å²) in [7, 11) is 0. The van der Waals surface area contributed by atoms with Crippen molar-refractivity contribution in [1.82, 2.24) is 15.0 Å². The lowest BCUT2D eigenvalue weighted by atomic mass is 9.87. The van der Waals surface area contributed by atoms with Crippen LogP contribution in [0, 0.1) is 0 Å². The molecule has 0 aliphatic heterocycles. The van der Waals surface area contributed by atoms with Crippen molar-refractivity contribution in [3.63, 3.8) is 0 Å². The first-order valence-corrected chi connectivity index (χ1v) is 7.71. The highest BCUT2D eigenvalue weighted by Crippen LogP contribution is 2.24. The summed E-state index contributed by atoms with van der Waals surface area (Å²) in [5.74, 6) is 0. The molecule has 4 nitrogen and oxygen atoms in total. The number of nitrogens with zero attached hydrogens (tertiary/aromatic N) is 3. The maximum Gasteiger partial charge on any atom is 0.0999 e. The molecule has 0 radical (unpaired) electrons. The lowest BCUT2D eigenvalue weighted by Gasteiger charge is -2.19. The molecule has 21 heavy (non-hydrogen) atoms. The van der Waals surface area contributed by atoms with Crippen LogP contribution in [-0.2, 0) is 18.4 Å². The molecule has 0 fully saturated rings. The molecule has 0 aliphatic carbocycles. The number of hydrogen-bond donors (Lipinski definition) is 1. The summed E-state index contributed by atoms with van der Waals surface area (Å²) >= 11 is 0. The number of aromatic nitrogens is 3. The topological polar surface area (TPSA) is 56.7 Å². The van der Waals surface area contributed by atoms with E-state index in [9.17, 15) is 0 Å². The van der Waals surface area contributed by atoms with Gasteiger partial charge < -0.3 is 5.73 Å². The van der Waals surface area contributed by atoms with E-state index in [2.05, 4.69) is 62.3 Å². The van der Waals surface area contributed by atoms with E-state index >= 15 is 0 Å². The second-order valence-corrected chi connectivity index (χ2v) is 6.50. The first kappa shape index (κ1) is 15.7. The van der Waals surface area contributed by atoms with Crippen molar-refractivity contribution >= 4 is 0 Å². The zero-order valence-corrected chi connectivity index (χ0v) is 13.6. The molecule has 0 bridgehead atoms. The van der Waals surface area contributed by atoms with Crippen LogP contribution in [-0.4, -0.2) is 15.0 Å². The van der Waals surface area contributed by atoms with E-state index in [4.69, 9.17) is 5.73 Å². The van der Waals surface area contributed by atoms with Gasteiger partial charge in [0, 0.05) is 6.54 Å². The third-order valence-electron chi connectivity index (χ3n) is 3.78. The molecule has 1 aromatic heterocycles. The molecule has 1 heterocycles. The Labute approximate surface area is 127 Å². The fraction of sp³-hybridized carbons (Fsp3) is 0.529. The molecular weight excluding hydrogens is 260 g/mol. The van der Waals surface area contributed by atoms with Crippen LogP contribution in [0.15, 0.2) is 24.3 Å². The summed E-state index contributed by atoms with van der Waals surface area (Å²) in [6.07, 6.45) is 3.25. The van der Waals surface area contributed by atoms with Gasteiger partial charge in [0.25, 0.3) is 0 Å². The Morgan fingerprint density at radius 1 is 1.14 bits per heavy atom. The Hall–Kier alpha value is -1.68. The van der Waals surface area contributed by atoms with E-state index in [1.54, 1.807) is 0 Å². The highest BCUT2D eigenvalue weighted by atomic mass is 15.4. The summed E-state index contributed by atoms with van der Waals surface area (Å²) in [5.41, 5.74) is 10.4. The Morgan fingerprint density at radius 3 is 2.33 bits per heavy atom. The van der Waals surface area contributed by atoms with Crippen molar-refractivity contribution in [3.05, 3.63) is 41.2 Å². The second kappa shape index (κ2) is 6.39. The van der Waals surface area contributed by atoms with Gasteiger partial charge in [-0.25, -0.2) is 4.68 Å². The zero-order valence-electron chi connectivity index (χ0n) is 13.6. The predicted molar refractivity (Wildman–Crippen MR) is 86.6 cm³/mol. The maximum atomic E-state index is 5.78. The average molecular weight is 286 g/mol. The van der Waals surface area contributed by atoms with Crippen molar-refractivity contribution in [2.45, 2.75) is 58.9 Å². The van der Waals surface area contributed by atoms with Crippen LogP contribution in [0.3, 0.4) is 0 Å². The molecule has 2 aromatic rings. The largest absolute Gasteiger partial charge is 0.325 e. The summed E-state index contributed by atoms with van der Waals surface area (Å²) in [5, 5.41) is 8.51. The highest BCUT2D eigenvalue weighted by Gasteiger charge is 2.15. The first-order chi connectivity index (χ1) is 9.97. The monoisotopic (exact) mass is 286 g/mol. The van der Waals surface area contributed by atoms with E-state index < -0.39 is 0 Å². The predicted octanol–water partition coefficient (Wildman–Crippen LogP) is 3.37. The van der Waals surface area contributed by atoms with Crippen molar-refractivity contribution in [2.24, 2.45) is 5.73 Å². The summed E-state index contributed by atoms with van der Waals surface area (Å²) < 4.78 is 1.93. The van der Waals surface area contributed by atoms with E-state index in [0.717, 1.165) is 36.3 Å². The molecule has 0 amide bonds. The van der Waals surface area contributed by atoms with Gasteiger partial charge in [0.2, 0.25) is 0 Å². The quantitative estimate of drug-likeness (QED) is 0.917. The smallest absolute Gasteiger partial charge is 0.0999 e. The fourth-order valence-corrected chi connectivity index (χ4v) is 2.40. The number of nitrogens with two attached hydrogens (primary N) is 1. The maximum absolute atomic E-state index is 5.78. The van der Waals surface area contributed by atoms with Crippen molar-refractivity contribution in [2.75, 3.05) is 0 Å². The number of unbranched alkanes of at least 4 members (excludes halogenated alkanes) is 1. The molecule has 0 spiro atoms.